The van der Waals surface area contributed by atoms with E-state index in [1.54, 1.807) is 32.4 Å². The predicted octanol–water partition coefficient (Wildman–Crippen LogP) is 3.24. The molecule has 0 unspecified atom stereocenters. The Kier molecular flexibility index (Phi) is 4.76. The summed E-state index contributed by atoms with van der Waals surface area (Å²) in [6.07, 6.45) is 1.18. The van der Waals surface area contributed by atoms with Crippen LogP contribution in [0.1, 0.15) is 30.1 Å². The van der Waals surface area contributed by atoms with E-state index in [9.17, 15) is 4.79 Å². The Hall–Kier alpha value is -1.77. The molecule has 0 aliphatic rings. The van der Waals surface area contributed by atoms with Gasteiger partial charge in [-0.3, -0.25) is 4.79 Å². The summed E-state index contributed by atoms with van der Waals surface area (Å²) in [5, 5.41) is 0. The predicted molar refractivity (Wildman–Crippen MR) is 67.9 cm³/mol. The van der Waals surface area contributed by atoms with Gasteiger partial charge in [0.1, 0.15) is 11.5 Å². The normalized spacial score (nSPS) is 9.82. The first-order valence-corrected chi connectivity index (χ1v) is 5.53. The van der Waals surface area contributed by atoms with Gasteiger partial charge in [-0.25, -0.2) is 0 Å². The van der Waals surface area contributed by atoms with Gasteiger partial charge in [-0.15, -0.1) is 0 Å². The largest absolute Gasteiger partial charge is 0.497 e. The fourth-order valence-electron chi connectivity index (χ4n) is 1.42. The van der Waals surface area contributed by atoms with Crippen LogP contribution >= 0.6 is 0 Å². The Morgan fingerprint density at radius 3 is 2.12 bits per heavy atom. The number of carbonyl (C=O) groups excluding carboxylic acids is 1. The number of allylic oxidation sites excluding steroid dienone is 1. The second-order valence-electron chi connectivity index (χ2n) is 3.80. The molecule has 0 saturated carbocycles. The molecular formula is C14H18O3. The molecule has 1 rings (SSSR count). The van der Waals surface area contributed by atoms with Crippen LogP contribution in [0.25, 0.3) is 0 Å². The van der Waals surface area contributed by atoms with Crippen molar-refractivity contribution in [2.45, 2.75) is 19.8 Å². The van der Waals surface area contributed by atoms with E-state index in [-0.39, 0.29) is 5.78 Å². The number of carbonyl (C=O) groups is 1. The van der Waals surface area contributed by atoms with Crippen LogP contribution in [0.5, 0.6) is 11.5 Å². The summed E-state index contributed by atoms with van der Waals surface area (Å²) in [5.41, 5.74) is 1.52. The molecule has 1 aromatic carbocycles. The lowest BCUT2D eigenvalue weighted by Gasteiger charge is -2.08. The summed E-state index contributed by atoms with van der Waals surface area (Å²) in [7, 11) is 3.13. The zero-order valence-electron chi connectivity index (χ0n) is 10.6. The van der Waals surface area contributed by atoms with Crippen LogP contribution in [0.15, 0.2) is 30.4 Å². The second-order valence-corrected chi connectivity index (χ2v) is 3.80. The highest BCUT2D eigenvalue weighted by Crippen LogP contribution is 2.24. The molecule has 0 N–H and O–H groups in total. The Morgan fingerprint density at radius 2 is 1.71 bits per heavy atom. The highest BCUT2D eigenvalue weighted by Gasteiger charge is 2.10. The number of ether oxygens (including phenoxy) is 2. The highest BCUT2D eigenvalue weighted by molar-refractivity contribution is 5.98. The average Bonchev–Trinajstić information content (AvgIpc) is 2.37. The van der Waals surface area contributed by atoms with Crippen LogP contribution in [-0.4, -0.2) is 20.0 Å². The molecule has 0 radical (unpaired) electrons. The quantitative estimate of drug-likeness (QED) is 0.560. The van der Waals surface area contributed by atoms with Gasteiger partial charge in [0.25, 0.3) is 0 Å². The number of Topliss-reactive ketones (excluding diaryl/α,β-unsaturated/α-hetero) is 1. The monoisotopic (exact) mass is 234 g/mol. The molecule has 0 saturated heterocycles. The summed E-state index contributed by atoms with van der Waals surface area (Å²) in [6.45, 7) is 5.83. The van der Waals surface area contributed by atoms with Crippen LogP contribution in [0.3, 0.4) is 0 Å². The minimum Gasteiger partial charge on any atom is -0.497 e. The number of methoxy groups -OCH3 is 2. The average molecular weight is 234 g/mol. The third-order valence-corrected chi connectivity index (χ3v) is 2.58. The molecule has 92 valence electrons. The third-order valence-electron chi connectivity index (χ3n) is 2.58. The molecule has 0 aliphatic carbocycles. The fourth-order valence-corrected chi connectivity index (χ4v) is 1.42. The van der Waals surface area contributed by atoms with Gasteiger partial charge in [-0.05, 0) is 18.6 Å². The molecule has 0 heterocycles. The van der Waals surface area contributed by atoms with Crippen molar-refractivity contribution in [2.75, 3.05) is 14.2 Å². The Balaban J connectivity index is 2.96. The molecular weight excluding hydrogens is 216 g/mol. The highest BCUT2D eigenvalue weighted by atomic mass is 16.5. The van der Waals surface area contributed by atoms with E-state index in [0.717, 1.165) is 12.0 Å². The van der Waals surface area contributed by atoms with Gasteiger partial charge in [0.15, 0.2) is 5.78 Å². The van der Waals surface area contributed by atoms with Gasteiger partial charge in [0.05, 0.1) is 14.2 Å². The zero-order valence-corrected chi connectivity index (χ0v) is 10.6. The standard InChI is InChI=1S/C14H18O3/c1-5-10(2)6-14(15)11-7-12(16-3)9-13(8-11)17-4/h7-9H,2,5-6H2,1,3-4H3. The number of ketones is 1. The van der Waals surface area contributed by atoms with E-state index >= 15 is 0 Å². The Morgan fingerprint density at radius 1 is 1.18 bits per heavy atom. The van der Waals surface area contributed by atoms with Gasteiger partial charge in [0.2, 0.25) is 0 Å². The van der Waals surface area contributed by atoms with E-state index in [0.29, 0.717) is 23.5 Å². The molecule has 3 heteroatoms. The summed E-state index contributed by atoms with van der Waals surface area (Å²) >= 11 is 0. The molecule has 3 nitrogen and oxygen atoms in total. The minimum absolute atomic E-state index is 0.0362. The first kappa shape index (κ1) is 13.3. The molecule has 0 spiro atoms. The van der Waals surface area contributed by atoms with Crippen molar-refractivity contribution in [2.24, 2.45) is 0 Å². The van der Waals surface area contributed by atoms with Crippen LogP contribution in [0, 0.1) is 0 Å². The van der Waals surface area contributed by atoms with E-state index in [2.05, 4.69) is 6.58 Å². The van der Waals surface area contributed by atoms with Gasteiger partial charge >= 0.3 is 0 Å². The Bertz CT molecular complexity index is 399. The van der Waals surface area contributed by atoms with Crippen LogP contribution in [0.2, 0.25) is 0 Å². The summed E-state index contributed by atoms with van der Waals surface area (Å²) in [4.78, 5) is 12.0. The van der Waals surface area contributed by atoms with Crippen LogP contribution < -0.4 is 9.47 Å². The second kappa shape index (κ2) is 6.09. The lowest BCUT2D eigenvalue weighted by atomic mass is 10.0. The van der Waals surface area contributed by atoms with Gasteiger partial charge < -0.3 is 9.47 Å². The molecule has 0 atom stereocenters. The topological polar surface area (TPSA) is 35.5 Å². The van der Waals surface area contributed by atoms with Gasteiger partial charge in [-0.1, -0.05) is 19.1 Å². The number of hydrogen-bond acceptors (Lipinski definition) is 3. The third kappa shape index (κ3) is 3.63. The molecule has 0 aromatic heterocycles. The van der Waals surface area contributed by atoms with E-state index in [1.165, 1.54) is 0 Å². The maximum Gasteiger partial charge on any atom is 0.167 e. The van der Waals surface area contributed by atoms with Crippen molar-refractivity contribution in [3.8, 4) is 11.5 Å². The lowest BCUT2D eigenvalue weighted by Crippen LogP contribution is -2.01. The summed E-state index contributed by atoms with van der Waals surface area (Å²) in [6, 6.07) is 5.17. The van der Waals surface area contributed by atoms with Gasteiger partial charge in [0, 0.05) is 18.1 Å². The number of benzene rings is 1. The maximum absolute atomic E-state index is 12.0. The maximum atomic E-state index is 12.0. The molecule has 0 amide bonds. The Labute approximate surface area is 102 Å². The number of rotatable bonds is 6. The lowest BCUT2D eigenvalue weighted by molar-refractivity contribution is 0.0991. The number of hydrogen-bond donors (Lipinski definition) is 0. The van der Waals surface area contributed by atoms with Crippen molar-refractivity contribution >= 4 is 5.78 Å². The first-order valence-electron chi connectivity index (χ1n) is 5.53. The molecule has 0 aliphatic heterocycles. The van der Waals surface area contributed by atoms with Crippen molar-refractivity contribution in [1.29, 1.82) is 0 Å². The van der Waals surface area contributed by atoms with E-state index < -0.39 is 0 Å². The molecule has 0 bridgehead atoms. The van der Waals surface area contributed by atoms with Crippen molar-refractivity contribution < 1.29 is 14.3 Å². The van der Waals surface area contributed by atoms with Crippen LogP contribution in [-0.2, 0) is 0 Å². The summed E-state index contributed by atoms with van der Waals surface area (Å²) < 4.78 is 10.2. The summed E-state index contributed by atoms with van der Waals surface area (Å²) in [5.74, 6) is 1.28. The van der Waals surface area contributed by atoms with E-state index in [4.69, 9.17) is 9.47 Å². The minimum atomic E-state index is 0.0362. The van der Waals surface area contributed by atoms with E-state index in [1.807, 2.05) is 6.92 Å². The molecule has 1 aromatic rings. The fraction of sp³-hybridized carbons (Fsp3) is 0.357. The zero-order chi connectivity index (χ0) is 12.8. The van der Waals surface area contributed by atoms with Gasteiger partial charge in [-0.2, -0.15) is 0 Å². The molecule has 0 fully saturated rings. The van der Waals surface area contributed by atoms with Crippen molar-refractivity contribution in [3.63, 3.8) is 0 Å². The van der Waals surface area contributed by atoms with Crippen LogP contribution in [0.4, 0.5) is 0 Å². The van der Waals surface area contributed by atoms with Crippen molar-refractivity contribution in [1.82, 2.24) is 0 Å². The SMILES string of the molecule is C=C(CC)CC(=O)c1cc(OC)cc(OC)c1. The first-order chi connectivity index (χ1) is 8.10. The van der Waals surface area contributed by atoms with Crippen molar-refractivity contribution in [3.05, 3.63) is 35.9 Å². The smallest absolute Gasteiger partial charge is 0.167 e. The molecule has 17 heavy (non-hydrogen) atoms.